The molecule has 23 nitrogen and oxygen atoms in total. The highest BCUT2D eigenvalue weighted by molar-refractivity contribution is 5.96. The second-order valence-electron chi connectivity index (χ2n) is 17.7. The molecule has 18 N–H and O–H groups in total. The molecule has 0 radical (unpaired) electrons. The summed E-state index contributed by atoms with van der Waals surface area (Å²) >= 11 is 0. The van der Waals surface area contributed by atoms with Crippen molar-refractivity contribution in [1.29, 1.82) is 0 Å². The molecule has 23 heteroatoms. The van der Waals surface area contributed by atoms with Gasteiger partial charge in [-0.05, 0) is 76.2 Å². The van der Waals surface area contributed by atoms with E-state index < -0.39 is 90.0 Å². The van der Waals surface area contributed by atoms with Crippen molar-refractivity contribution in [3.8, 4) is 0 Å². The van der Waals surface area contributed by atoms with Crippen LogP contribution in [0, 0.1) is 11.8 Å². The summed E-state index contributed by atoms with van der Waals surface area (Å²) in [5, 5.41) is 16.1. The van der Waals surface area contributed by atoms with Gasteiger partial charge in [-0.1, -0.05) is 73.1 Å². The van der Waals surface area contributed by atoms with E-state index in [9.17, 15) is 38.4 Å². The summed E-state index contributed by atoms with van der Waals surface area (Å²) in [5.41, 5.74) is 33.9. The highest BCUT2D eigenvalue weighted by atomic mass is 16.5. The van der Waals surface area contributed by atoms with Gasteiger partial charge in [0.25, 0.3) is 0 Å². The number of nitrogens with zero attached hydrogens (tertiary/aromatic N) is 2. The number of nitrogens with one attached hydrogen (secondary N) is 6. The van der Waals surface area contributed by atoms with Crippen LogP contribution in [-0.4, -0.2) is 129 Å². The molecule has 6 amide bonds. The summed E-state index contributed by atoms with van der Waals surface area (Å²) in [6, 6.07) is -6.68. The number of Topliss-reactive ketones (excluding diaryl/α,β-unsaturated/α-hetero) is 1. The van der Waals surface area contributed by atoms with Crippen molar-refractivity contribution in [2.45, 2.75) is 180 Å². The molecule has 0 rings (SSSR count). The summed E-state index contributed by atoms with van der Waals surface area (Å²) in [6.45, 7) is 9.24. The lowest BCUT2D eigenvalue weighted by molar-refractivity contribution is -0.141. The molecule has 0 aromatic carbocycles. The molecule has 0 aromatic heterocycles. The quantitative estimate of drug-likeness (QED) is 0.0154. The minimum atomic E-state index is -1.23. The average molecular weight is 967 g/mol. The fourth-order valence-electron chi connectivity index (χ4n) is 6.92. The fourth-order valence-corrected chi connectivity index (χ4v) is 6.92. The third kappa shape index (κ3) is 28.6. The summed E-state index contributed by atoms with van der Waals surface area (Å²) < 4.78 is 4.54. The summed E-state index contributed by atoms with van der Waals surface area (Å²) in [4.78, 5) is 114. The highest BCUT2D eigenvalue weighted by Gasteiger charge is 2.33. The summed E-state index contributed by atoms with van der Waals surface area (Å²) in [5.74, 6) is -5.85. The van der Waals surface area contributed by atoms with Crippen LogP contribution in [-0.2, 0) is 43.1 Å². The van der Waals surface area contributed by atoms with Gasteiger partial charge < -0.3 is 71.0 Å². The maximum atomic E-state index is 14.1. The first-order valence-electron chi connectivity index (χ1n) is 24.1. The lowest BCUT2D eigenvalue weighted by atomic mass is 9.98. The number of rotatable bonds is 38. The van der Waals surface area contributed by atoms with Crippen molar-refractivity contribution in [1.82, 2.24) is 31.9 Å². The smallest absolute Gasteiger partial charge is 0.325 e. The predicted octanol–water partition coefficient (Wildman–Crippen LogP) is -0.935. The molecule has 0 spiro atoms. The Morgan fingerprint density at radius 1 is 0.529 bits per heavy atom. The first kappa shape index (κ1) is 62.4. The molecule has 0 unspecified atom stereocenters. The Morgan fingerprint density at radius 2 is 1.01 bits per heavy atom. The molecule has 6 atom stereocenters. The molecular formula is C45H86N14O9. The fraction of sp³-hybridized carbons (Fsp3) is 0.778. The summed E-state index contributed by atoms with van der Waals surface area (Å²) in [7, 11) is 1.17. The average Bonchev–Trinajstić information content (AvgIpc) is 3.28. The highest BCUT2D eigenvalue weighted by Crippen LogP contribution is 2.13. The SMILES string of the molecule is CCCCCCCCCC(=O)N[C@@H](CCCN=C(N)N)C(=O)N[C@H](C(=O)N[C@@H](CCCCN)C(=O)N[C@@H](CCCN=C(N)N)C(=O)CC[C@H](N)C(=O)N[C@H](C(=O)NCC(=O)OC)C(C)C)C(C)C. The van der Waals surface area contributed by atoms with Gasteiger partial charge in [-0.3, -0.25) is 48.3 Å². The van der Waals surface area contributed by atoms with E-state index in [0.717, 1.165) is 32.1 Å². The predicted molar refractivity (Wildman–Crippen MR) is 262 cm³/mol. The third-order valence-corrected chi connectivity index (χ3v) is 11.0. The molecule has 0 bridgehead atoms. The van der Waals surface area contributed by atoms with E-state index in [1.807, 2.05) is 0 Å². The molecule has 0 saturated carbocycles. The number of carbonyl (C=O) groups is 8. The van der Waals surface area contributed by atoms with Gasteiger partial charge in [-0.15, -0.1) is 0 Å². The van der Waals surface area contributed by atoms with Crippen molar-refractivity contribution in [2.24, 2.45) is 56.2 Å². The molecule has 0 aliphatic heterocycles. The minimum Gasteiger partial charge on any atom is -0.468 e. The van der Waals surface area contributed by atoms with Gasteiger partial charge in [0, 0.05) is 25.9 Å². The van der Waals surface area contributed by atoms with Gasteiger partial charge in [-0.2, -0.15) is 0 Å². The molecule has 0 aliphatic rings. The van der Waals surface area contributed by atoms with E-state index in [1.54, 1.807) is 27.7 Å². The van der Waals surface area contributed by atoms with Crippen molar-refractivity contribution >= 4 is 59.1 Å². The monoisotopic (exact) mass is 967 g/mol. The van der Waals surface area contributed by atoms with Crippen LogP contribution in [0.5, 0.6) is 0 Å². The van der Waals surface area contributed by atoms with Gasteiger partial charge in [0.05, 0.1) is 19.2 Å². The number of ketones is 1. The van der Waals surface area contributed by atoms with Crippen LogP contribution in [0.2, 0.25) is 0 Å². The molecule has 0 fully saturated rings. The number of unbranched alkanes of at least 4 members (excludes halogenated alkanes) is 7. The topological polar surface area (TPSA) is 399 Å². The number of ether oxygens (including phenoxy) is 1. The Bertz CT molecular complexity index is 1620. The molecular weight excluding hydrogens is 881 g/mol. The third-order valence-electron chi connectivity index (χ3n) is 11.0. The first-order valence-corrected chi connectivity index (χ1v) is 24.1. The maximum absolute atomic E-state index is 14.1. The van der Waals surface area contributed by atoms with E-state index in [1.165, 1.54) is 13.5 Å². The molecule has 0 aliphatic carbocycles. The largest absolute Gasteiger partial charge is 0.468 e. The van der Waals surface area contributed by atoms with Crippen molar-refractivity contribution in [3.63, 3.8) is 0 Å². The number of amides is 6. The van der Waals surface area contributed by atoms with Gasteiger partial charge in [0.2, 0.25) is 35.4 Å². The van der Waals surface area contributed by atoms with Crippen LogP contribution in [0.3, 0.4) is 0 Å². The Balaban J connectivity index is 6.19. The lowest BCUT2D eigenvalue weighted by Crippen LogP contribution is -2.59. The van der Waals surface area contributed by atoms with Crippen LogP contribution in [0.4, 0.5) is 0 Å². The van der Waals surface area contributed by atoms with E-state index >= 15 is 0 Å². The normalized spacial score (nSPS) is 13.7. The van der Waals surface area contributed by atoms with E-state index in [4.69, 9.17) is 34.4 Å². The standard InChI is InChI=1S/C45H86N14O9/c1-7-8-9-10-11-12-13-21-35(61)55-32(20-17-26-53-45(50)51)41(65)59-38(29(4)5)43(67)57-33(18-14-15-24-46)40(64)56-31(19-16-25-52-44(48)49)34(60)23-22-30(47)39(63)58-37(28(2)3)42(66)54-27-36(62)68-6/h28-33,37-38H,7-27,46-47H2,1-6H3,(H,54,66)(H,55,61)(H,56,64)(H,57,67)(H,58,63)(H,59,65)(H4,48,49,52)(H4,50,51,53)/t30-,31-,32-,33-,37-,38-/m0/s1. The number of methoxy groups -OCH3 is 1. The van der Waals surface area contributed by atoms with Crippen LogP contribution >= 0.6 is 0 Å². The number of guanidine groups is 2. The van der Waals surface area contributed by atoms with Crippen LogP contribution in [0.15, 0.2) is 9.98 Å². The Kier molecular flexibility index (Phi) is 33.5. The number of hydrogen-bond acceptors (Lipinski definition) is 13. The summed E-state index contributed by atoms with van der Waals surface area (Å²) in [6.07, 6.45) is 8.96. The molecule has 68 heavy (non-hydrogen) atoms. The van der Waals surface area contributed by atoms with Crippen LogP contribution in [0.1, 0.15) is 144 Å². The number of nitrogens with two attached hydrogens (primary N) is 6. The van der Waals surface area contributed by atoms with Crippen LogP contribution < -0.4 is 66.3 Å². The molecule has 0 aromatic rings. The number of carbonyl (C=O) groups excluding carboxylic acids is 8. The van der Waals surface area contributed by atoms with E-state index in [2.05, 4.69) is 53.5 Å². The van der Waals surface area contributed by atoms with Crippen molar-refractivity contribution in [3.05, 3.63) is 0 Å². The van der Waals surface area contributed by atoms with Gasteiger partial charge in [-0.25, -0.2) is 0 Å². The maximum Gasteiger partial charge on any atom is 0.325 e. The number of hydrogen-bond donors (Lipinski definition) is 12. The second-order valence-corrected chi connectivity index (χ2v) is 17.7. The number of esters is 1. The van der Waals surface area contributed by atoms with E-state index in [0.29, 0.717) is 32.2 Å². The minimum absolute atomic E-state index is 0.0853. The lowest BCUT2D eigenvalue weighted by Gasteiger charge is -2.28. The van der Waals surface area contributed by atoms with Gasteiger partial charge in [0.1, 0.15) is 30.7 Å². The Morgan fingerprint density at radius 3 is 1.56 bits per heavy atom. The van der Waals surface area contributed by atoms with Gasteiger partial charge in [0.15, 0.2) is 17.7 Å². The van der Waals surface area contributed by atoms with Crippen LogP contribution in [0.25, 0.3) is 0 Å². The zero-order valence-corrected chi connectivity index (χ0v) is 41.5. The Hall–Kier alpha value is -5.58. The molecule has 390 valence electrons. The molecule has 0 saturated heterocycles. The second kappa shape index (κ2) is 36.5. The zero-order chi connectivity index (χ0) is 51.6. The molecule has 0 heterocycles. The zero-order valence-electron chi connectivity index (χ0n) is 41.5. The first-order chi connectivity index (χ1) is 32.2. The van der Waals surface area contributed by atoms with E-state index in [-0.39, 0.29) is 81.8 Å². The number of aliphatic imine (C=N–C) groups is 2. The van der Waals surface area contributed by atoms with Gasteiger partial charge >= 0.3 is 5.97 Å². The van der Waals surface area contributed by atoms with Crippen molar-refractivity contribution < 1.29 is 43.1 Å². The van der Waals surface area contributed by atoms with Crippen molar-refractivity contribution in [2.75, 3.05) is 33.3 Å². The Labute approximate surface area is 402 Å².